The van der Waals surface area contributed by atoms with E-state index in [0.717, 1.165) is 27.8 Å². The second-order valence-corrected chi connectivity index (χ2v) is 4.93. The third-order valence-corrected chi connectivity index (χ3v) is 3.29. The number of aromatic hydroxyl groups is 2. The fourth-order valence-corrected chi connectivity index (χ4v) is 2.25. The number of rotatable bonds is 3. The lowest BCUT2D eigenvalue weighted by Crippen LogP contribution is -2.00. The molecule has 0 aliphatic carbocycles. The fraction of sp³-hybridized carbons (Fsp3) is 0.250. The Kier molecular flexibility index (Phi) is 3.76. The summed E-state index contributed by atoms with van der Waals surface area (Å²) in [4.78, 5) is 0. The smallest absolute Gasteiger partial charge is 0.122 e. The van der Waals surface area contributed by atoms with Crippen LogP contribution in [0.3, 0.4) is 0 Å². The van der Waals surface area contributed by atoms with Crippen LogP contribution in [-0.2, 0) is 13.0 Å². The maximum absolute atomic E-state index is 10.1. The zero-order valence-corrected chi connectivity index (χ0v) is 11.3. The summed E-state index contributed by atoms with van der Waals surface area (Å²) in [6, 6.07) is 9.25. The highest BCUT2D eigenvalue weighted by Gasteiger charge is 2.10. The van der Waals surface area contributed by atoms with Crippen molar-refractivity contribution in [3.63, 3.8) is 0 Å². The molecule has 0 radical (unpaired) electrons. The molecular weight excluding hydrogens is 238 g/mol. The molecule has 2 rings (SSSR count). The van der Waals surface area contributed by atoms with Crippen LogP contribution in [0.25, 0.3) is 0 Å². The lowest BCUT2D eigenvalue weighted by molar-refractivity contribution is 0.460. The molecule has 0 spiro atoms. The average Bonchev–Trinajstić information content (AvgIpc) is 2.38. The molecule has 0 amide bonds. The van der Waals surface area contributed by atoms with Crippen molar-refractivity contribution < 1.29 is 10.2 Å². The van der Waals surface area contributed by atoms with Crippen LogP contribution in [0.4, 0.5) is 0 Å². The molecule has 3 nitrogen and oxygen atoms in total. The van der Waals surface area contributed by atoms with Gasteiger partial charge in [0.1, 0.15) is 11.5 Å². The first-order chi connectivity index (χ1) is 9.01. The number of phenols is 2. The van der Waals surface area contributed by atoms with Gasteiger partial charge in [0.25, 0.3) is 0 Å². The highest BCUT2D eigenvalue weighted by Crippen LogP contribution is 2.29. The molecule has 2 aromatic carbocycles. The highest BCUT2D eigenvalue weighted by atomic mass is 16.3. The van der Waals surface area contributed by atoms with Crippen molar-refractivity contribution in [2.24, 2.45) is 5.73 Å². The van der Waals surface area contributed by atoms with Crippen LogP contribution in [0.5, 0.6) is 11.5 Å². The Balaban J connectivity index is 2.42. The molecule has 0 fully saturated rings. The lowest BCUT2D eigenvalue weighted by Gasteiger charge is -2.11. The largest absolute Gasteiger partial charge is 0.508 e. The van der Waals surface area contributed by atoms with Crippen LogP contribution >= 0.6 is 0 Å². The lowest BCUT2D eigenvalue weighted by atomic mass is 9.97. The van der Waals surface area contributed by atoms with E-state index >= 15 is 0 Å². The standard InChI is InChI=1S/C16H19NO2/c1-10-3-4-15(18)13(5-10)8-14-7-12(9-17)6-11(2)16(14)19/h3-7,18-19H,8-9,17H2,1-2H3. The van der Waals surface area contributed by atoms with E-state index < -0.39 is 0 Å². The first-order valence-corrected chi connectivity index (χ1v) is 6.31. The Bertz CT molecular complexity index is 606. The number of phenolic OH excluding ortho intramolecular Hbond substituents is 2. The van der Waals surface area contributed by atoms with E-state index in [1.54, 1.807) is 6.07 Å². The van der Waals surface area contributed by atoms with Crippen LogP contribution in [0.15, 0.2) is 30.3 Å². The molecule has 0 bridgehead atoms. The van der Waals surface area contributed by atoms with Crippen molar-refractivity contribution in [3.8, 4) is 11.5 Å². The van der Waals surface area contributed by atoms with Gasteiger partial charge < -0.3 is 15.9 Å². The van der Waals surface area contributed by atoms with E-state index in [4.69, 9.17) is 5.73 Å². The number of benzene rings is 2. The second kappa shape index (κ2) is 5.33. The Hall–Kier alpha value is -2.00. The van der Waals surface area contributed by atoms with Crippen molar-refractivity contribution in [3.05, 3.63) is 58.1 Å². The molecule has 0 atom stereocenters. The SMILES string of the molecule is Cc1ccc(O)c(Cc2cc(CN)cc(C)c2O)c1. The zero-order chi connectivity index (χ0) is 14.0. The van der Waals surface area contributed by atoms with E-state index in [-0.39, 0.29) is 11.5 Å². The van der Waals surface area contributed by atoms with Crippen molar-refractivity contribution in [2.45, 2.75) is 26.8 Å². The van der Waals surface area contributed by atoms with Crippen LogP contribution < -0.4 is 5.73 Å². The van der Waals surface area contributed by atoms with E-state index in [9.17, 15) is 10.2 Å². The molecule has 0 aliphatic rings. The topological polar surface area (TPSA) is 66.5 Å². The highest BCUT2D eigenvalue weighted by molar-refractivity contribution is 5.47. The zero-order valence-electron chi connectivity index (χ0n) is 11.3. The van der Waals surface area contributed by atoms with Crippen LogP contribution in [0.2, 0.25) is 0 Å². The number of nitrogens with two attached hydrogens (primary N) is 1. The molecule has 0 aliphatic heterocycles. The molecule has 0 unspecified atom stereocenters. The van der Waals surface area contributed by atoms with Gasteiger partial charge in [-0.2, -0.15) is 0 Å². The third kappa shape index (κ3) is 2.88. The van der Waals surface area contributed by atoms with Crippen molar-refractivity contribution in [2.75, 3.05) is 0 Å². The van der Waals surface area contributed by atoms with E-state index in [1.165, 1.54) is 0 Å². The monoisotopic (exact) mass is 257 g/mol. The van der Waals surface area contributed by atoms with Gasteiger partial charge in [-0.3, -0.25) is 0 Å². The van der Waals surface area contributed by atoms with Crippen molar-refractivity contribution in [1.82, 2.24) is 0 Å². The summed E-state index contributed by atoms with van der Waals surface area (Å²) in [7, 11) is 0. The summed E-state index contributed by atoms with van der Waals surface area (Å²) in [6.45, 7) is 4.27. The predicted molar refractivity (Wildman–Crippen MR) is 76.4 cm³/mol. The molecule has 19 heavy (non-hydrogen) atoms. The van der Waals surface area contributed by atoms with Gasteiger partial charge in [-0.05, 0) is 42.2 Å². The Morgan fingerprint density at radius 1 is 1.00 bits per heavy atom. The minimum atomic E-state index is 0.251. The van der Waals surface area contributed by atoms with Crippen molar-refractivity contribution >= 4 is 0 Å². The maximum atomic E-state index is 10.1. The van der Waals surface area contributed by atoms with E-state index in [2.05, 4.69) is 0 Å². The van der Waals surface area contributed by atoms with Gasteiger partial charge in [0.15, 0.2) is 0 Å². The summed E-state index contributed by atoms with van der Waals surface area (Å²) in [5.74, 6) is 0.527. The van der Waals surface area contributed by atoms with Gasteiger partial charge in [0, 0.05) is 13.0 Å². The van der Waals surface area contributed by atoms with Crippen molar-refractivity contribution in [1.29, 1.82) is 0 Å². The quantitative estimate of drug-likeness (QED) is 0.792. The van der Waals surface area contributed by atoms with Gasteiger partial charge in [-0.15, -0.1) is 0 Å². The number of aryl methyl sites for hydroxylation is 2. The van der Waals surface area contributed by atoms with Crippen LogP contribution in [0.1, 0.15) is 27.8 Å². The minimum absolute atomic E-state index is 0.251. The Morgan fingerprint density at radius 3 is 2.42 bits per heavy atom. The molecule has 3 heteroatoms. The van der Waals surface area contributed by atoms with Gasteiger partial charge in [0.2, 0.25) is 0 Å². The van der Waals surface area contributed by atoms with E-state index in [1.807, 2.05) is 38.1 Å². The van der Waals surface area contributed by atoms with Gasteiger partial charge in [-0.25, -0.2) is 0 Å². The summed E-state index contributed by atoms with van der Waals surface area (Å²) in [5.41, 5.74) is 10.1. The first-order valence-electron chi connectivity index (χ1n) is 6.31. The summed E-state index contributed by atoms with van der Waals surface area (Å²) < 4.78 is 0. The molecule has 0 saturated carbocycles. The minimum Gasteiger partial charge on any atom is -0.508 e. The third-order valence-electron chi connectivity index (χ3n) is 3.29. The van der Waals surface area contributed by atoms with Gasteiger partial charge >= 0.3 is 0 Å². The summed E-state index contributed by atoms with van der Waals surface area (Å²) in [5, 5.41) is 20.0. The molecule has 0 aromatic heterocycles. The van der Waals surface area contributed by atoms with Gasteiger partial charge in [0.05, 0.1) is 0 Å². The van der Waals surface area contributed by atoms with E-state index in [0.29, 0.717) is 13.0 Å². The molecule has 100 valence electrons. The molecular formula is C16H19NO2. The second-order valence-electron chi connectivity index (χ2n) is 4.93. The Labute approximate surface area is 113 Å². The van der Waals surface area contributed by atoms with Crippen LogP contribution in [0, 0.1) is 13.8 Å². The number of hydrogen-bond acceptors (Lipinski definition) is 3. The van der Waals surface area contributed by atoms with Gasteiger partial charge in [-0.1, -0.05) is 29.8 Å². The first kappa shape index (κ1) is 13.4. The summed E-state index contributed by atoms with van der Waals surface area (Å²) in [6.07, 6.45) is 0.494. The van der Waals surface area contributed by atoms with Crippen LogP contribution in [-0.4, -0.2) is 10.2 Å². The normalized spacial score (nSPS) is 10.7. The molecule has 0 heterocycles. The fourth-order valence-electron chi connectivity index (χ4n) is 2.25. The Morgan fingerprint density at radius 2 is 1.74 bits per heavy atom. The molecule has 2 aromatic rings. The average molecular weight is 257 g/mol. The maximum Gasteiger partial charge on any atom is 0.122 e. The predicted octanol–water partition coefficient (Wildman–Crippen LogP) is 2.76. The summed E-state index contributed by atoms with van der Waals surface area (Å²) >= 11 is 0. The number of hydrogen-bond donors (Lipinski definition) is 3. The molecule has 4 N–H and O–H groups in total. The molecule has 0 saturated heterocycles.